The van der Waals surface area contributed by atoms with E-state index in [4.69, 9.17) is 0 Å². The summed E-state index contributed by atoms with van der Waals surface area (Å²) < 4.78 is 0. The molecule has 0 unspecified atom stereocenters. The van der Waals surface area contributed by atoms with E-state index in [1.807, 2.05) is 61.5 Å². The molecule has 0 spiro atoms. The molecule has 0 aromatic heterocycles. The molecule has 1 amide bonds. The van der Waals surface area contributed by atoms with Crippen LogP contribution in [0.4, 0.5) is 17.1 Å². The van der Waals surface area contributed by atoms with Crippen LogP contribution >= 0.6 is 0 Å². The van der Waals surface area contributed by atoms with Crippen LogP contribution in [-0.4, -0.2) is 23.8 Å². The molecule has 3 aromatic carbocycles. The van der Waals surface area contributed by atoms with Gasteiger partial charge in [0.1, 0.15) is 5.75 Å². The molecule has 3 rings (SSSR count). The number of amides is 1. The van der Waals surface area contributed by atoms with Crippen molar-refractivity contribution < 1.29 is 9.90 Å². The third-order valence-corrected chi connectivity index (χ3v) is 3.95. The first-order valence-corrected chi connectivity index (χ1v) is 9.02. The first-order valence-electron chi connectivity index (χ1n) is 9.02. The Bertz CT molecular complexity index is 1020. The number of rotatable bonds is 7. The molecule has 0 aliphatic heterocycles. The molecule has 3 N–H and O–H groups in total. The fraction of sp³-hybridized carbons (Fsp3) is 0.0909. The zero-order chi connectivity index (χ0) is 20.5. The third-order valence-electron chi connectivity index (χ3n) is 3.95. The van der Waals surface area contributed by atoms with Gasteiger partial charge in [0.15, 0.2) is 0 Å². The summed E-state index contributed by atoms with van der Waals surface area (Å²) in [4.78, 5) is 11.9. The molecule has 0 heterocycles. The highest BCUT2D eigenvalue weighted by Gasteiger charge is 2.02. The number of aryl methyl sites for hydroxylation is 1. The lowest BCUT2D eigenvalue weighted by Gasteiger charge is -2.05. The Kier molecular flexibility index (Phi) is 6.67. The lowest BCUT2D eigenvalue weighted by Crippen LogP contribution is -2.25. The summed E-state index contributed by atoms with van der Waals surface area (Å²) in [5.74, 6) is -0.277. The molecule has 146 valence electrons. The van der Waals surface area contributed by atoms with Gasteiger partial charge in [0, 0.05) is 11.3 Å². The number of anilines is 1. The molecule has 7 heteroatoms. The smallest absolute Gasteiger partial charge is 0.259 e. The van der Waals surface area contributed by atoms with E-state index in [-0.39, 0.29) is 18.2 Å². The molecule has 0 atom stereocenters. The van der Waals surface area contributed by atoms with E-state index in [1.54, 1.807) is 12.1 Å². The first-order chi connectivity index (χ1) is 14.1. The summed E-state index contributed by atoms with van der Waals surface area (Å²) in [5, 5.41) is 25.2. The first kappa shape index (κ1) is 19.8. The van der Waals surface area contributed by atoms with Gasteiger partial charge in [-0.2, -0.15) is 15.3 Å². The van der Waals surface area contributed by atoms with Crippen molar-refractivity contribution in [1.82, 2.24) is 5.43 Å². The summed E-state index contributed by atoms with van der Waals surface area (Å²) in [6, 6.07) is 21.8. The number of phenols is 1. The number of benzene rings is 3. The van der Waals surface area contributed by atoms with Gasteiger partial charge in [0.05, 0.1) is 24.1 Å². The van der Waals surface area contributed by atoms with Crippen molar-refractivity contribution in [3.05, 3.63) is 83.9 Å². The van der Waals surface area contributed by atoms with Crippen molar-refractivity contribution in [2.75, 3.05) is 11.9 Å². The van der Waals surface area contributed by atoms with Gasteiger partial charge in [-0.15, -0.1) is 0 Å². The van der Waals surface area contributed by atoms with Crippen molar-refractivity contribution in [2.45, 2.75) is 6.92 Å². The molecule has 0 saturated carbocycles. The van der Waals surface area contributed by atoms with Crippen LogP contribution in [-0.2, 0) is 4.79 Å². The quantitative estimate of drug-likeness (QED) is 0.312. The Morgan fingerprint density at radius 3 is 2.45 bits per heavy atom. The van der Waals surface area contributed by atoms with Crippen LogP contribution in [0, 0.1) is 6.92 Å². The molecule has 0 bridgehead atoms. The number of phenolic OH excluding ortho intramolecular Hbond substituents is 1. The van der Waals surface area contributed by atoms with Crippen molar-refractivity contribution in [3.8, 4) is 5.75 Å². The zero-order valence-corrected chi connectivity index (χ0v) is 15.9. The van der Waals surface area contributed by atoms with Gasteiger partial charge in [-0.05, 0) is 49.4 Å². The molecule has 29 heavy (non-hydrogen) atoms. The molecular weight excluding hydrogens is 366 g/mol. The van der Waals surface area contributed by atoms with E-state index in [0.717, 1.165) is 16.9 Å². The average Bonchev–Trinajstić information content (AvgIpc) is 2.74. The fourth-order valence-electron chi connectivity index (χ4n) is 2.38. The normalized spacial score (nSPS) is 11.1. The van der Waals surface area contributed by atoms with Crippen LogP contribution in [0.15, 0.2) is 88.1 Å². The Morgan fingerprint density at radius 1 is 0.966 bits per heavy atom. The van der Waals surface area contributed by atoms with E-state index in [0.29, 0.717) is 11.3 Å². The maximum Gasteiger partial charge on any atom is 0.259 e. The molecule has 3 aromatic rings. The van der Waals surface area contributed by atoms with Gasteiger partial charge >= 0.3 is 0 Å². The number of azo groups is 1. The van der Waals surface area contributed by atoms with Gasteiger partial charge in [-0.3, -0.25) is 4.79 Å². The molecule has 0 radical (unpaired) electrons. The Morgan fingerprint density at radius 2 is 1.69 bits per heavy atom. The van der Waals surface area contributed by atoms with E-state index in [1.165, 1.54) is 12.3 Å². The van der Waals surface area contributed by atoms with E-state index >= 15 is 0 Å². The fourth-order valence-corrected chi connectivity index (χ4v) is 2.38. The van der Waals surface area contributed by atoms with Crippen LogP contribution in [0.2, 0.25) is 0 Å². The maximum absolute atomic E-state index is 11.9. The summed E-state index contributed by atoms with van der Waals surface area (Å²) >= 11 is 0. The second kappa shape index (κ2) is 9.80. The predicted octanol–water partition coefficient (Wildman–Crippen LogP) is 4.68. The molecule has 0 aliphatic rings. The zero-order valence-electron chi connectivity index (χ0n) is 15.9. The van der Waals surface area contributed by atoms with Crippen LogP contribution in [0.5, 0.6) is 5.75 Å². The number of nitrogens with one attached hydrogen (secondary N) is 2. The monoisotopic (exact) mass is 387 g/mol. The summed E-state index contributed by atoms with van der Waals surface area (Å²) in [5.41, 5.74) is 6.12. The number of carbonyl (C=O) groups is 1. The second-order valence-electron chi connectivity index (χ2n) is 6.29. The van der Waals surface area contributed by atoms with Crippen LogP contribution in [0.25, 0.3) is 0 Å². The number of aromatic hydroxyl groups is 1. The van der Waals surface area contributed by atoms with E-state index < -0.39 is 0 Å². The van der Waals surface area contributed by atoms with Gasteiger partial charge in [-0.25, -0.2) is 5.43 Å². The number of hydrazone groups is 1. The topological polar surface area (TPSA) is 98.4 Å². The number of carbonyl (C=O) groups excluding carboxylic acids is 1. The summed E-state index contributed by atoms with van der Waals surface area (Å²) in [6.07, 6.45) is 1.36. The lowest BCUT2D eigenvalue weighted by molar-refractivity contribution is -0.119. The Hall–Kier alpha value is -4.00. The van der Waals surface area contributed by atoms with Crippen LogP contribution in [0.3, 0.4) is 0 Å². The van der Waals surface area contributed by atoms with Gasteiger partial charge < -0.3 is 10.4 Å². The summed E-state index contributed by atoms with van der Waals surface area (Å²) in [6.45, 7) is 2.08. The Balaban J connectivity index is 1.56. The minimum atomic E-state index is -0.304. The second-order valence-corrected chi connectivity index (χ2v) is 6.29. The SMILES string of the molecule is Cc1ccc(NCC(=O)N/N=C\c2cc(N=Nc3ccccc3)ccc2O)cc1. The molecule has 0 saturated heterocycles. The largest absolute Gasteiger partial charge is 0.507 e. The summed E-state index contributed by atoms with van der Waals surface area (Å²) in [7, 11) is 0. The highest BCUT2D eigenvalue weighted by molar-refractivity contribution is 5.87. The highest BCUT2D eigenvalue weighted by atomic mass is 16.3. The molecule has 0 aliphatic carbocycles. The average molecular weight is 387 g/mol. The predicted molar refractivity (Wildman–Crippen MR) is 114 cm³/mol. The minimum Gasteiger partial charge on any atom is -0.507 e. The maximum atomic E-state index is 11.9. The molecule has 0 fully saturated rings. The highest BCUT2D eigenvalue weighted by Crippen LogP contribution is 2.23. The van der Waals surface area contributed by atoms with Crippen molar-refractivity contribution in [3.63, 3.8) is 0 Å². The van der Waals surface area contributed by atoms with Crippen molar-refractivity contribution in [2.24, 2.45) is 15.3 Å². The van der Waals surface area contributed by atoms with Gasteiger partial charge in [0.2, 0.25) is 0 Å². The lowest BCUT2D eigenvalue weighted by atomic mass is 10.2. The van der Waals surface area contributed by atoms with Gasteiger partial charge in [0.25, 0.3) is 5.91 Å². The van der Waals surface area contributed by atoms with E-state index in [9.17, 15) is 9.90 Å². The third kappa shape index (κ3) is 6.28. The van der Waals surface area contributed by atoms with Crippen LogP contribution < -0.4 is 10.7 Å². The number of hydrogen-bond donors (Lipinski definition) is 3. The van der Waals surface area contributed by atoms with Crippen molar-refractivity contribution in [1.29, 1.82) is 0 Å². The van der Waals surface area contributed by atoms with E-state index in [2.05, 4.69) is 26.1 Å². The molecule has 7 nitrogen and oxygen atoms in total. The Labute approximate surface area is 168 Å². The standard InChI is InChI=1S/C22H21N5O2/c1-16-7-9-18(10-8-16)23-15-22(29)27-24-14-17-13-20(11-12-21(17)28)26-25-19-5-3-2-4-6-19/h2-14,23,28H,15H2,1H3,(H,27,29)/b24-14-,26-25?. The molecular formula is C22H21N5O2. The number of nitrogens with zero attached hydrogens (tertiary/aromatic N) is 3. The number of hydrogen-bond acceptors (Lipinski definition) is 6. The van der Waals surface area contributed by atoms with Crippen LogP contribution in [0.1, 0.15) is 11.1 Å². The minimum absolute atomic E-state index is 0.0273. The van der Waals surface area contributed by atoms with Gasteiger partial charge in [-0.1, -0.05) is 35.9 Å². The van der Waals surface area contributed by atoms with Crippen molar-refractivity contribution >= 4 is 29.2 Å².